The number of aromatic nitrogens is 3. The van der Waals surface area contributed by atoms with E-state index >= 15 is 0 Å². The fourth-order valence-electron chi connectivity index (χ4n) is 2.94. The molecule has 0 radical (unpaired) electrons. The molecule has 3 aromatic rings. The number of allylic oxidation sites excluding steroid dienone is 1. The SMILES string of the molecule is O=S(=O)(NCc1cccc(-c2[nH]ncc2-c2ccncc2)c1)C1CC=CS1. The molecule has 1 aromatic carbocycles. The summed E-state index contributed by atoms with van der Waals surface area (Å²) in [7, 11) is -3.35. The summed E-state index contributed by atoms with van der Waals surface area (Å²) >= 11 is 1.34. The molecule has 6 nitrogen and oxygen atoms in total. The van der Waals surface area contributed by atoms with Crippen molar-refractivity contribution in [3.05, 3.63) is 72.0 Å². The van der Waals surface area contributed by atoms with Gasteiger partial charge in [-0.3, -0.25) is 10.1 Å². The fraction of sp³-hybridized carbons (Fsp3) is 0.158. The first kappa shape index (κ1) is 18.0. The first-order valence-corrected chi connectivity index (χ1v) is 10.9. The molecule has 0 spiro atoms. The van der Waals surface area contributed by atoms with Crippen molar-refractivity contribution < 1.29 is 8.42 Å². The Hall–Kier alpha value is -2.42. The Morgan fingerprint density at radius 2 is 2.04 bits per heavy atom. The van der Waals surface area contributed by atoms with Gasteiger partial charge in [0, 0.05) is 30.1 Å². The molecule has 8 heteroatoms. The quantitative estimate of drug-likeness (QED) is 0.663. The van der Waals surface area contributed by atoms with Crippen molar-refractivity contribution in [2.45, 2.75) is 17.5 Å². The van der Waals surface area contributed by atoms with Crippen LogP contribution in [0.15, 0.2) is 66.5 Å². The maximum absolute atomic E-state index is 12.4. The van der Waals surface area contributed by atoms with Gasteiger partial charge in [-0.2, -0.15) is 5.10 Å². The fourth-order valence-corrected chi connectivity index (χ4v) is 5.46. The highest BCUT2D eigenvalue weighted by Gasteiger charge is 2.26. The van der Waals surface area contributed by atoms with Crippen molar-refractivity contribution in [2.75, 3.05) is 0 Å². The molecular weight excluding hydrogens is 380 g/mol. The predicted molar refractivity (Wildman–Crippen MR) is 108 cm³/mol. The van der Waals surface area contributed by atoms with Crippen LogP contribution in [0.1, 0.15) is 12.0 Å². The van der Waals surface area contributed by atoms with Crippen molar-refractivity contribution >= 4 is 21.8 Å². The Labute approximate surface area is 162 Å². The molecule has 0 saturated heterocycles. The normalized spacial score (nSPS) is 16.7. The van der Waals surface area contributed by atoms with E-state index in [0.29, 0.717) is 6.42 Å². The number of hydrogen-bond acceptors (Lipinski definition) is 5. The highest BCUT2D eigenvalue weighted by atomic mass is 32.3. The summed E-state index contributed by atoms with van der Waals surface area (Å²) in [5, 5.41) is 9.06. The number of sulfonamides is 1. The van der Waals surface area contributed by atoms with Crippen LogP contribution in [0.3, 0.4) is 0 Å². The molecule has 0 bridgehead atoms. The van der Waals surface area contributed by atoms with Gasteiger partial charge in [0.1, 0.15) is 4.58 Å². The van der Waals surface area contributed by atoms with E-state index < -0.39 is 14.6 Å². The number of nitrogens with zero attached hydrogens (tertiary/aromatic N) is 2. The van der Waals surface area contributed by atoms with Gasteiger partial charge in [-0.05, 0) is 41.2 Å². The molecular formula is C19H18N4O2S2. The second kappa shape index (κ2) is 7.67. The van der Waals surface area contributed by atoms with Crippen LogP contribution in [0.25, 0.3) is 22.4 Å². The van der Waals surface area contributed by atoms with Crippen molar-refractivity contribution in [3.63, 3.8) is 0 Å². The van der Waals surface area contributed by atoms with Crippen LogP contribution >= 0.6 is 11.8 Å². The molecule has 3 heterocycles. The topological polar surface area (TPSA) is 87.7 Å². The predicted octanol–water partition coefficient (Wildman–Crippen LogP) is 3.53. The van der Waals surface area contributed by atoms with Crippen molar-refractivity contribution in [3.8, 4) is 22.4 Å². The Bertz CT molecular complexity index is 1050. The summed E-state index contributed by atoms with van der Waals surface area (Å²) in [6.07, 6.45) is 7.70. The lowest BCUT2D eigenvalue weighted by atomic mass is 10.0. The third-order valence-electron chi connectivity index (χ3n) is 4.33. The Balaban J connectivity index is 1.55. The van der Waals surface area contributed by atoms with Gasteiger partial charge in [0.2, 0.25) is 10.0 Å². The zero-order valence-electron chi connectivity index (χ0n) is 14.4. The summed E-state index contributed by atoms with van der Waals surface area (Å²) < 4.78 is 27.0. The zero-order valence-corrected chi connectivity index (χ0v) is 16.0. The molecule has 2 N–H and O–H groups in total. The lowest BCUT2D eigenvalue weighted by Gasteiger charge is -2.12. The van der Waals surface area contributed by atoms with Gasteiger partial charge < -0.3 is 0 Å². The van der Waals surface area contributed by atoms with Gasteiger partial charge in [0.15, 0.2) is 0 Å². The number of aromatic amines is 1. The second-order valence-corrected chi connectivity index (χ2v) is 9.49. The molecule has 0 aliphatic carbocycles. The molecule has 0 fully saturated rings. The molecule has 1 aliphatic rings. The van der Waals surface area contributed by atoms with Crippen LogP contribution in [-0.4, -0.2) is 28.2 Å². The van der Waals surface area contributed by atoms with Crippen LogP contribution in [0.5, 0.6) is 0 Å². The lowest BCUT2D eigenvalue weighted by Crippen LogP contribution is -2.30. The number of pyridine rings is 1. The third kappa shape index (κ3) is 3.97. The molecule has 138 valence electrons. The summed E-state index contributed by atoms with van der Waals surface area (Å²) in [5.41, 5.74) is 4.73. The first-order valence-electron chi connectivity index (χ1n) is 8.45. The minimum absolute atomic E-state index is 0.256. The smallest absolute Gasteiger partial charge is 0.224 e. The number of thioether (sulfide) groups is 1. The van der Waals surface area contributed by atoms with Gasteiger partial charge in [0.05, 0.1) is 11.9 Å². The lowest BCUT2D eigenvalue weighted by molar-refractivity contribution is 0.578. The van der Waals surface area contributed by atoms with Crippen LogP contribution in [0.4, 0.5) is 0 Å². The molecule has 2 aromatic heterocycles. The van der Waals surface area contributed by atoms with E-state index in [2.05, 4.69) is 19.9 Å². The molecule has 0 amide bonds. The Morgan fingerprint density at radius 3 is 2.81 bits per heavy atom. The minimum Gasteiger partial charge on any atom is -0.277 e. The van der Waals surface area contributed by atoms with E-state index in [1.54, 1.807) is 18.6 Å². The van der Waals surface area contributed by atoms with Gasteiger partial charge in [0.25, 0.3) is 0 Å². The van der Waals surface area contributed by atoms with E-state index in [9.17, 15) is 8.42 Å². The number of H-pyrrole nitrogens is 1. The molecule has 1 aliphatic heterocycles. The van der Waals surface area contributed by atoms with Crippen molar-refractivity contribution in [1.29, 1.82) is 0 Å². The van der Waals surface area contributed by atoms with Crippen LogP contribution < -0.4 is 4.72 Å². The summed E-state index contributed by atoms with van der Waals surface area (Å²) in [6, 6.07) is 11.6. The second-order valence-electron chi connectivity index (χ2n) is 6.13. The van der Waals surface area contributed by atoms with E-state index in [-0.39, 0.29) is 6.54 Å². The van der Waals surface area contributed by atoms with Crippen LogP contribution in [0, 0.1) is 0 Å². The van der Waals surface area contributed by atoms with Crippen LogP contribution in [-0.2, 0) is 16.6 Å². The zero-order chi connectivity index (χ0) is 18.7. The summed E-state index contributed by atoms with van der Waals surface area (Å²) in [6.45, 7) is 0.256. The molecule has 4 rings (SSSR count). The van der Waals surface area contributed by atoms with Gasteiger partial charge in [-0.15, -0.1) is 11.8 Å². The average molecular weight is 399 g/mol. The summed E-state index contributed by atoms with van der Waals surface area (Å²) in [5.74, 6) is 0. The number of nitrogens with one attached hydrogen (secondary N) is 2. The Morgan fingerprint density at radius 1 is 1.19 bits per heavy atom. The maximum Gasteiger partial charge on any atom is 0.224 e. The molecule has 0 saturated carbocycles. The van der Waals surface area contributed by atoms with E-state index in [1.165, 1.54) is 11.8 Å². The maximum atomic E-state index is 12.4. The minimum atomic E-state index is -3.35. The highest BCUT2D eigenvalue weighted by molar-refractivity contribution is 8.14. The number of rotatable bonds is 6. The first-order chi connectivity index (χ1) is 13.1. The van der Waals surface area contributed by atoms with E-state index in [0.717, 1.165) is 27.9 Å². The van der Waals surface area contributed by atoms with E-state index in [1.807, 2.05) is 47.9 Å². The molecule has 27 heavy (non-hydrogen) atoms. The highest BCUT2D eigenvalue weighted by Crippen LogP contribution is 2.31. The van der Waals surface area contributed by atoms with E-state index in [4.69, 9.17) is 0 Å². The number of benzene rings is 1. The third-order valence-corrected chi connectivity index (χ3v) is 7.70. The monoisotopic (exact) mass is 398 g/mol. The van der Waals surface area contributed by atoms with Gasteiger partial charge in [-0.25, -0.2) is 13.1 Å². The van der Waals surface area contributed by atoms with Crippen molar-refractivity contribution in [2.24, 2.45) is 0 Å². The largest absolute Gasteiger partial charge is 0.277 e. The molecule has 1 unspecified atom stereocenters. The van der Waals surface area contributed by atoms with Gasteiger partial charge >= 0.3 is 0 Å². The Kier molecular flexibility index (Phi) is 5.11. The number of hydrogen-bond donors (Lipinski definition) is 2. The molecule has 1 atom stereocenters. The van der Waals surface area contributed by atoms with Crippen LogP contribution in [0.2, 0.25) is 0 Å². The van der Waals surface area contributed by atoms with Gasteiger partial charge in [-0.1, -0.05) is 24.3 Å². The summed E-state index contributed by atoms with van der Waals surface area (Å²) in [4.78, 5) is 4.05. The van der Waals surface area contributed by atoms with Crippen molar-refractivity contribution in [1.82, 2.24) is 19.9 Å². The standard InChI is InChI=1S/C19H18N4O2S2/c24-27(25,18-5-2-10-26-18)22-12-14-3-1-4-16(11-14)19-17(13-21-23-19)15-6-8-20-9-7-15/h1-4,6-11,13,18,22H,5,12H2,(H,21,23). The average Bonchev–Trinajstić information content (AvgIpc) is 3.40.